The van der Waals surface area contributed by atoms with Gasteiger partial charge in [0.05, 0.1) is 11.0 Å². The Morgan fingerprint density at radius 3 is 2.50 bits per heavy atom. The van der Waals surface area contributed by atoms with E-state index in [1.807, 2.05) is 37.3 Å². The molecule has 2 aromatic carbocycles. The van der Waals surface area contributed by atoms with Crippen molar-refractivity contribution in [2.75, 3.05) is 0 Å². The van der Waals surface area contributed by atoms with E-state index in [2.05, 4.69) is 18.8 Å². The van der Waals surface area contributed by atoms with Crippen LogP contribution in [0.15, 0.2) is 35.1 Å². The lowest BCUT2D eigenvalue weighted by Crippen LogP contribution is -2.06. The summed E-state index contributed by atoms with van der Waals surface area (Å²) < 4.78 is 0. The maximum Gasteiger partial charge on any atom is 0.197 e. The van der Waals surface area contributed by atoms with Gasteiger partial charge in [-0.05, 0) is 48.2 Å². The van der Waals surface area contributed by atoms with Gasteiger partial charge in [0.15, 0.2) is 5.43 Å². The van der Waals surface area contributed by atoms with E-state index in [0.717, 1.165) is 27.5 Å². The second kappa shape index (κ2) is 4.64. The number of halogens is 1. The Balaban J connectivity index is 2.57. The molecule has 0 spiro atoms. The Bertz CT molecular complexity index is 877. The molecule has 20 heavy (non-hydrogen) atoms. The van der Waals surface area contributed by atoms with Crippen LogP contribution in [0.3, 0.4) is 0 Å². The highest BCUT2D eigenvalue weighted by atomic mass is 35.5. The van der Waals surface area contributed by atoms with Gasteiger partial charge >= 0.3 is 0 Å². The Kier molecular flexibility index (Phi) is 3.06. The van der Waals surface area contributed by atoms with Crippen molar-refractivity contribution in [1.82, 2.24) is 4.98 Å². The molecule has 0 saturated heterocycles. The van der Waals surface area contributed by atoms with Crippen LogP contribution in [0.25, 0.3) is 21.8 Å². The smallest absolute Gasteiger partial charge is 0.197 e. The number of hydrogen-bond donors (Lipinski definition) is 1. The summed E-state index contributed by atoms with van der Waals surface area (Å²) in [6, 6.07) is 9.46. The first-order valence-corrected chi connectivity index (χ1v) is 7.11. The van der Waals surface area contributed by atoms with E-state index in [0.29, 0.717) is 10.4 Å². The van der Waals surface area contributed by atoms with Crippen LogP contribution in [0.5, 0.6) is 0 Å². The number of aryl methyl sites for hydroxylation is 1. The second-order valence-electron chi connectivity index (χ2n) is 5.54. The summed E-state index contributed by atoms with van der Waals surface area (Å²) in [5.74, 6) is 0.254. The minimum Gasteiger partial charge on any atom is -0.354 e. The fraction of sp³-hybridized carbons (Fsp3) is 0.235. The third-order valence-electron chi connectivity index (χ3n) is 3.69. The molecule has 3 aromatic rings. The molecule has 1 heterocycles. The van der Waals surface area contributed by atoms with Gasteiger partial charge in [-0.25, -0.2) is 0 Å². The largest absolute Gasteiger partial charge is 0.354 e. The van der Waals surface area contributed by atoms with Gasteiger partial charge in [-0.1, -0.05) is 31.5 Å². The molecule has 2 nitrogen and oxygen atoms in total. The quantitative estimate of drug-likeness (QED) is 0.642. The number of hydrogen-bond acceptors (Lipinski definition) is 1. The molecule has 0 amide bonds. The number of fused-ring (bicyclic) bond motifs is 2. The first kappa shape index (κ1) is 13.2. The van der Waals surface area contributed by atoms with E-state index in [1.165, 1.54) is 0 Å². The van der Waals surface area contributed by atoms with Gasteiger partial charge in [0.1, 0.15) is 0 Å². The first-order chi connectivity index (χ1) is 9.49. The predicted octanol–water partition coefficient (Wildman–Crippen LogP) is 4.77. The monoisotopic (exact) mass is 285 g/mol. The normalized spacial score (nSPS) is 11.7. The van der Waals surface area contributed by atoms with Gasteiger partial charge in [0.25, 0.3) is 0 Å². The van der Waals surface area contributed by atoms with E-state index in [-0.39, 0.29) is 11.3 Å². The van der Waals surface area contributed by atoms with Crippen molar-refractivity contribution in [1.29, 1.82) is 0 Å². The average Bonchev–Trinajstić information content (AvgIpc) is 2.37. The molecule has 3 heteroatoms. The zero-order valence-corrected chi connectivity index (χ0v) is 12.5. The first-order valence-electron chi connectivity index (χ1n) is 6.74. The number of H-pyrrole nitrogens is 1. The summed E-state index contributed by atoms with van der Waals surface area (Å²) in [7, 11) is 0. The van der Waals surface area contributed by atoms with Crippen molar-refractivity contribution in [3.63, 3.8) is 0 Å². The van der Waals surface area contributed by atoms with Crippen LogP contribution in [0, 0.1) is 6.92 Å². The lowest BCUT2D eigenvalue weighted by molar-refractivity contribution is 0.873. The summed E-state index contributed by atoms with van der Waals surface area (Å²) >= 11 is 6.31. The number of aromatic amines is 1. The molecule has 0 aliphatic carbocycles. The van der Waals surface area contributed by atoms with Gasteiger partial charge in [-0.15, -0.1) is 0 Å². The second-order valence-corrected chi connectivity index (χ2v) is 5.95. The Labute approximate surface area is 122 Å². The molecular weight excluding hydrogens is 270 g/mol. The van der Waals surface area contributed by atoms with Crippen molar-refractivity contribution < 1.29 is 0 Å². The maximum absolute atomic E-state index is 12.6. The molecular formula is C17H16ClNO. The minimum atomic E-state index is 0.0623. The summed E-state index contributed by atoms with van der Waals surface area (Å²) in [6.45, 7) is 6.18. The van der Waals surface area contributed by atoms with E-state index < -0.39 is 0 Å². The van der Waals surface area contributed by atoms with E-state index in [1.54, 1.807) is 0 Å². The fourth-order valence-electron chi connectivity index (χ4n) is 2.72. The van der Waals surface area contributed by atoms with Gasteiger partial charge in [-0.2, -0.15) is 0 Å². The van der Waals surface area contributed by atoms with Crippen LogP contribution < -0.4 is 5.43 Å². The highest BCUT2D eigenvalue weighted by molar-refractivity contribution is 6.32. The Hall–Kier alpha value is -1.80. The molecule has 0 aliphatic heterocycles. The summed E-state index contributed by atoms with van der Waals surface area (Å²) in [6.07, 6.45) is 0. The summed E-state index contributed by atoms with van der Waals surface area (Å²) in [4.78, 5) is 16.0. The molecule has 1 aromatic heterocycles. The number of benzene rings is 2. The third-order valence-corrected chi connectivity index (χ3v) is 4.02. The maximum atomic E-state index is 12.6. The lowest BCUT2D eigenvalue weighted by Gasteiger charge is -2.13. The topological polar surface area (TPSA) is 32.9 Å². The Morgan fingerprint density at radius 1 is 1.10 bits per heavy atom. The molecule has 0 bridgehead atoms. The number of rotatable bonds is 1. The van der Waals surface area contributed by atoms with E-state index in [9.17, 15) is 4.79 Å². The molecule has 1 N–H and O–H groups in total. The summed E-state index contributed by atoms with van der Waals surface area (Å²) in [5.41, 5.74) is 3.92. The van der Waals surface area contributed by atoms with Crippen LogP contribution in [-0.4, -0.2) is 4.98 Å². The molecule has 0 fully saturated rings. The van der Waals surface area contributed by atoms with Crippen LogP contribution in [0.2, 0.25) is 5.02 Å². The molecule has 0 atom stereocenters. The van der Waals surface area contributed by atoms with E-state index >= 15 is 0 Å². The van der Waals surface area contributed by atoms with Crippen molar-refractivity contribution in [3.05, 3.63) is 56.7 Å². The van der Waals surface area contributed by atoms with Gasteiger partial charge in [0, 0.05) is 15.8 Å². The molecule has 0 unspecified atom stereocenters. The highest BCUT2D eigenvalue weighted by Gasteiger charge is 2.14. The third kappa shape index (κ3) is 1.92. The highest BCUT2D eigenvalue weighted by Crippen LogP contribution is 2.30. The van der Waals surface area contributed by atoms with Crippen molar-refractivity contribution >= 4 is 33.4 Å². The summed E-state index contributed by atoms with van der Waals surface area (Å²) in [5, 5.41) is 2.13. The van der Waals surface area contributed by atoms with Gasteiger partial charge in [0.2, 0.25) is 0 Å². The van der Waals surface area contributed by atoms with Crippen molar-refractivity contribution in [2.24, 2.45) is 0 Å². The fourth-order valence-corrected chi connectivity index (χ4v) is 3.10. The molecule has 0 saturated carbocycles. The van der Waals surface area contributed by atoms with Crippen LogP contribution >= 0.6 is 11.6 Å². The molecule has 102 valence electrons. The van der Waals surface area contributed by atoms with Crippen molar-refractivity contribution in [3.8, 4) is 0 Å². The lowest BCUT2D eigenvalue weighted by atomic mass is 9.98. The zero-order valence-electron chi connectivity index (χ0n) is 11.8. The van der Waals surface area contributed by atoms with Gasteiger partial charge < -0.3 is 4.98 Å². The minimum absolute atomic E-state index is 0.0623. The number of pyridine rings is 1. The van der Waals surface area contributed by atoms with Crippen LogP contribution in [0.1, 0.15) is 30.9 Å². The predicted molar refractivity (Wildman–Crippen MR) is 85.9 cm³/mol. The average molecular weight is 286 g/mol. The standard InChI is InChI=1S/C17H16ClNO/c1-9(2)15-13(18)7-6-12-16(15)19-14-8-10(3)4-5-11(14)17(12)20/h4-9H,1-3H3,(H,19,20). The van der Waals surface area contributed by atoms with Gasteiger partial charge in [-0.3, -0.25) is 4.79 Å². The molecule has 3 rings (SSSR count). The number of aromatic nitrogens is 1. The zero-order chi connectivity index (χ0) is 14.4. The Morgan fingerprint density at radius 2 is 1.80 bits per heavy atom. The molecule has 0 aliphatic rings. The van der Waals surface area contributed by atoms with Crippen molar-refractivity contribution in [2.45, 2.75) is 26.7 Å². The van der Waals surface area contributed by atoms with E-state index in [4.69, 9.17) is 11.6 Å². The SMILES string of the molecule is Cc1ccc2c(=O)c3ccc(Cl)c(C(C)C)c3[nH]c2c1. The van der Waals surface area contributed by atoms with Crippen LogP contribution in [-0.2, 0) is 0 Å². The van der Waals surface area contributed by atoms with Crippen LogP contribution in [0.4, 0.5) is 0 Å². The molecule has 0 radical (unpaired) electrons. The number of nitrogens with one attached hydrogen (secondary N) is 1.